The lowest BCUT2D eigenvalue weighted by Gasteiger charge is -1.96. The Labute approximate surface area is 52.6 Å². The second-order valence-corrected chi connectivity index (χ2v) is 2.43. The summed E-state index contributed by atoms with van der Waals surface area (Å²) in [7, 11) is 0. The molecule has 9 heavy (non-hydrogen) atoms. The fourth-order valence-electron chi connectivity index (χ4n) is 1.11. The SMILES string of the molecule is N=CC1CC(F)C(F)C1. The molecule has 1 saturated carbocycles. The predicted molar refractivity (Wildman–Crippen MR) is 31.3 cm³/mol. The van der Waals surface area contributed by atoms with Crippen LogP contribution in [-0.4, -0.2) is 18.6 Å². The predicted octanol–water partition coefficient (Wildman–Crippen LogP) is 1.72. The molecule has 2 unspecified atom stereocenters. The van der Waals surface area contributed by atoms with Gasteiger partial charge in [0.15, 0.2) is 0 Å². The molecule has 0 aromatic carbocycles. The van der Waals surface area contributed by atoms with Gasteiger partial charge < -0.3 is 5.41 Å². The summed E-state index contributed by atoms with van der Waals surface area (Å²) >= 11 is 0. The molecule has 0 saturated heterocycles. The summed E-state index contributed by atoms with van der Waals surface area (Å²) in [6.45, 7) is 0. The number of hydrogen-bond acceptors (Lipinski definition) is 1. The van der Waals surface area contributed by atoms with Crippen molar-refractivity contribution in [3.05, 3.63) is 0 Å². The topological polar surface area (TPSA) is 23.9 Å². The second-order valence-electron chi connectivity index (χ2n) is 2.43. The zero-order chi connectivity index (χ0) is 6.85. The molecule has 0 aromatic heterocycles. The molecular formula is C6H9F2N. The highest BCUT2D eigenvalue weighted by molar-refractivity contribution is 5.57. The van der Waals surface area contributed by atoms with Crippen molar-refractivity contribution in [2.75, 3.05) is 0 Å². The van der Waals surface area contributed by atoms with Gasteiger partial charge in [0.25, 0.3) is 0 Å². The summed E-state index contributed by atoms with van der Waals surface area (Å²) in [5.74, 6) is -0.157. The Bertz CT molecular complexity index is 106. The lowest BCUT2D eigenvalue weighted by molar-refractivity contribution is 0.199. The Hall–Kier alpha value is -0.470. The molecule has 52 valence electrons. The maximum absolute atomic E-state index is 12.3. The normalized spacial score (nSPS) is 43.1. The monoisotopic (exact) mass is 133 g/mol. The Kier molecular flexibility index (Phi) is 1.78. The van der Waals surface area contributed by atoms with E-state index < -0.39 is 12.3 Å². The summed E-state index contributed by atoms with van der Waals surface area (Å²) in [5, 5.41) is 6.72. The maximum Gasteiger partial charge on any atom is 0.132 e. The fraction of sp³-hybridized carbons (Fsp3) is 0.833. The zero-order valence-electron chi connectivity index (χ0n) is 4.98. The molecule has 0 bridgehead atoms. The standard InChI is InChI=1S/C6H9F2N/c7-5-1-4(3-9)2-6(5)8/h3-6,9H,1-2H2. The van der Waals surface area contributed by atoms with Gasteiger partial charge in [-0.25, -0.2) is 8.78 Å². The smallest absolute Gasteiger partial charge is 0.132 e. The van der Waals surface area contributed by atoms with Crippen molar-refractivity contribution in [1.29, 1.82) is 5.41 Å². The molecule has 2 atom stereocenters. The van der Waals surface area contributed by atoms with Crippen molar-refractivity contribution < 1.29 is 8.78 Å². The molecule has 0 aliphatic heterocycles. The molecule has 0 heterocycles. The number of nitrogens with one attached hydrogen (secondary N) is 1. The lowest BCUT2D eigenvalue weighted by atomic mass is 10.1. The van der Waals surface area contributed by atoms with Gasteiger partial charge in [0, 0.05) is 0 Å². The van der Waals surface area contributed by atoms with Gasteiger partial charge in [-0.15, -0.1) is 0 Å². The van der Waals surface area contributed by atoms with Crippen LogP contribution in [0.1, 0.15) is 12.8 Å². The van der Waals surface area contributed by atoms with Gasteiger partial charge in [-0.3, -0.25) is 0 Å². The van der Waals surface area contributed by atoms with Crippen LogP contribution in [0, 0.1) is 11.3 Å². The van der Waals surface area contributed by atoms with Gasteiger partial charge >= 0.3 is 0 Å². The molecule has 3 heteroatoms. The van der Waals surface area contributed by atoms with Crippen LogP contribution < -0.4 is 0 Å². The second kappa shape index (κ2) is 2.42. The van der Waals surface area contributed by atoms with Gasteiger partial charge in [-0.05, 0) is 25.0 Å². The lowest BCUT2D eigenvalue weighted by Crippen LogP contribution is -2.06. The van der Waals surface area contributed by atoms with Crippen LogP contribution in [0.25, 0.3) is 0 Å². The number of alkyl halides is 2. The molecule has 1 aliphatic rings. The summed E-state index contributed by atoms with van der Waals surface area (Å²) in [5.41, 5.74) is 0. The van der Waals surface area contributed by atoms with Crippen LogP contribution in [0.2, 0.25) is 0 Å². The number of halogens is 2. The van der Waals surface area contributed by atoms with Crippen LogP contribution in [0.3, 0.4) is 0 Å². The van der Waals surface area contributed by atoms with Crippen LogP contribution >= 0.6 is 0 Å². The van der Waals surface area contributed by atoms with E-state index in [0.29, 0.717) is 0 Å². The third kappa shape index (κ3) is 1.26. The van der Waals surface area contributed by atoms with Crippen LogP contribution in [0.4, 0.5) is 8.78 Å². The highest BCUT2D eigenvalue weighted by atomic mass is 19.2. The van der Waals surface area contributed by atoms with Crippen molar-refractivity contribution in [2.45, 2.75) is 25.2 Å². The Balaban J connectivity index is 2.43. The average molecular weight is 133 g/mol. The van der Waals surface area contributed by atoms with E-state index in [0.717, 1.165) is 6.21 Å². The Morgan fingerprint density at radius 1 is 1.22 bits per heavy atom. The molecule has 0 amide bonds. The van der Waals surface area contributed by atoms with Crippen molar-refractivity contribution in [1.82, 2.24) is 0 Å². The molecule has 1 nitrogen and oxygen atoms in total. The first-order valence-electron chi connectivity index (χ1n) is 3.02. The molecule has 0 spiro atoms. The van der Waals surface area contributed by atoms with Gasteiger partial charge in [0.1, 0.15) is 12.3 Å². The minimum Gasteiger partial charge on any atom is -0.313 e. The van der Waals surface area contributed by atoms with Crippen LogP contribution in [0.5, 0.6) is 0 Å². The van der Waals surface area contributed by atoms with E-state index in [-0.39, 0.29) is 18.8 Å². The summed E-state index contributed by atoms with van der Waals surface area (Å²) < 4.78 is 24.6. The van der Waals surface area contributed by atoms with Gasteiger partial charge in [0.05, 0.1) is 0 Å². The molecule has 0 radical (unpaired) electrons. The average Bonchev–Trinajstić information content (AvgIpc) is 2.13. The molecule has 1 rings (SSSR count). The Morgan fingerprint density at radius 3 is 1.89 bits per heavy atom. The minimum atomic E-state index is -1.32. The first-order chi connectivity index (χ1) is 4.24. The third-order valence-corrected chi connectivity index (χ3v) is 1.68. The molecule has 1 fully saturated rings. The van der Waals surface area contributed by atoms with Crippen molar-refractivity contribution in [2.24, 2.45) is 5.92 Å². The van der Waals surface area contributed by atoms with E-state index in [1.54, 1.807) is 0 Å². The van der Waals surface area contributed by atoms with E-state index in [1.165, 1.54) is 0 Å². The first kappa shape index (κ1) is 6.65. The van der Waals surface area contributed by atoms with Crippen LogP contribution in [0.15, 0.2) is 0 Å². The quantitative estimate of drug-likeness (QED) is 0.526. The van der Waals surface area contributed by atoms with Crippen molar-refractivity contribution in [3.63, 3.8) is 0 Å². The van der Waals surface area contributed by atoms with E-state index in [4.69, 9.17) is 5.41 Å². The summed E-state index contributed by atoms with van der Waals surface area (Å²) in [4.78, 5) is 0. The van der Waals surface area contributed by atoms with E-state index in [1.807, 2.05) is 0 Å². The zero-order valence-corrected chi connectivity index (χ0v) is 4.98. The van der Waals surface area contributed by atoms with Crippen molar-refractivity contribution in [3.8, 4) is 0 Å². The first-order valence-corrected chi connectivity index (χ1v) is 3.02. The molecule has 0 aromatic rings. The van der Waals surface area contributed by atoms with Gasteiger partial charge in [-0.2, -0.15) is 0 Å². The molecular weight excluding hydrogens is 124 g/mol. The number of hydrogen-bond donors (Lipinski definition) is 1. The fourth-order valence-corrected chi connectivity index (χ4v) is 1.11. The van der Waals surface area contributed by atoms with Gasteiger partial charge in [0.2, 0.25) is 0 Å². The van der Waals surface area contributed by atoms with Crippen molar-refractivity contribution >= 4 is 6.21 Å². The highest BCUT2D eigenvalue weighted by Gasteiger charge is 2.32. The van der Waals surface area contributed by atoms with Crippen LogP contribution in [-0.2, 0) is 0 Å². The minimum absolute atomic E-state index is 0.157. The van der Waals surface area contributed by atoms with E-state index in [9.17, 15) is 8.78 Å². The largest absolute Gasteiger partial charge is 0.313 e. The van der Waals surface area contributed by atoms with E-state index >= 15 is 0 Å². The van der Waals surface area contributed by atoms with Gasteiger partial charge in [-0.1, -0.05) is 0 Å². The highest BCUT2D eigenvalue weighted by Crippen LogP contribution is 2.28. The molecule has 1 N–H and O–H groups in total. The maximum atomic E-state index is 12.3. The third-order valence-electron chi connectivity index (χ3n) is 1.68. The molecule has 1 aliphatic carbocycles. The van der Waals surface area contributed by atoms with E-state index in [2.05, 4.69) is 0 Å². The summed E-state index contributed by atoms with van der Waals surface area (Å²) in [6.07, 6.45) is -1.12. The Morgan fingerprint density at radius 2 is 1.67 bits per heavy atom. The summed E-state index contributed by atoms with van der Waals surface area (Å²) in [6, 6.07) is 0. The number of rotatable bonds is 1.